The van der Waals surface area contributed by atoms with Crippen molar-refractivity contribution in [3.8, 4) is 17.0 Å². The molecule has 0 spiro atoms. The van der Waals surface area contributed by atoms with Crippen LogP contribution in [0.1, 0.15) is 16.6 Å². The van der Waals surface area contributed by atoms with Gasteiger partial charge in [-0.25, -0.2) is 0 Å². The average molecular weight is 370 g/mol. The number of benzene rings is 1. The summed E-state index contributed by atoms with van der Waals surface area (Å²) in [6.45, 7) is 1.62. The summed E-state index contributed by atoms with van der Waals surface area (Å²) in [4.78, 5) is 24.9. The lowest BCUT2D eigenvalue weighted by Gasteiger charge is -2.12. The van der Waals surface area contributed by atoms with E-state index in [9.17, 15) is 9.59 Å². The van der Waals surface area contributed by atoms with Crippen molar-refractivity contribution >= 4 is 29.0 Å². The zero-order chi connectivity index (χ0) is 18.5. The number of amides is 2. The van der Waals surface area contributed by atoms with Crippen molar-refractivity contribution in [2.24, 2.45) is 0 Å². The van der Waals surface area contributed by atoms with Gasteiger partial charge in [-0.2, -0.15) is 5.10 Å². The second-order valence-electron chi connectivity index (χ2n) is 5.53. The van der Waals surface area contributed by atoms with Gasteiger partial charge in [-0.1, -0.05) is 18.2 Å². The van der Waals surface area contributed by atoms with E-state index in [0.29, 0.717) is 22.1 Å². The van der Waals surface area contributed by atoms with E-state index in [4.69, 9.17) is 4.74 Å². The van der Waals surface area contributed by atoms with Crippen LogP contribution in [0.25, 0.3) is 11.3 Å². The average Bonchev–Trinajstić information content (AvgIpc) is 3.33. The fourth-order valence-electron chi connectivity index (χ4n) is 2.37. The maximum atomic E-state index is 12.3. The smallest absolute Gasteiger partial charge is 0.261 e. The molecule has 1 atom stereocenters. The molecule has 134 valence electrons. The fraction of sp³-hybridized carbons (Fsp3) is 0.167. The van der Waals surface area contributed by atoms with Gasteiger partial charge in [-0.3, -0.25) is 14.7 Å². The zero-order valence-corrected chi connectivity index (χ0v) is 15.1. The molecule has 3 aromatic rings. The molecule has 2 aromatic heterocycles. The highest BCUT2D eigenvalue weighted by Gasteiger charge is 2.18. The first-order chi connectivity index (χ1) is 12.6. The molecular formula is C18H18N4O3S. The van der Waals surface area contributed by atoms with Crippen LogP contribution in [0.15, 0.2) is 47.8 Å². The summed E-state index contributed by atoms with van der Waals surface area (Å²) in [5.41, 5.74) is 1.55. The van der Waals surface area contributed by atoms with E-state index in [1.807, 2.05) is 29.6 Å². The van der Waals surface area contributed by atoms with Crippen LogP contribution in [-0.2, 0) is 4.79 Å². The molecule has 0 radical (unpaired) electrons. The highest BCUT2D eigenvalue weighted by molar-refractivity contribution is 7.12. The van der Waals surface area contributed by atoms with Gasteiger partial charge >= 0.3 is 0 Å². The summed E-state index contributed by atoms with van der Waals surface area (Å²) in [7, 11) is 1.59. The molecule has 3 rings (SSSR count). The van der Waals surface area contributed by atoms with Crippen LogP contribution in [0, 0.1) is 0 Å². The molecule has 0 saturated heterocycles. The number of methoxy groups -OCH3 is 1. The number of aromatic nitrogens is 2. The number of H-pyrrole nitrogens is 1. The lowest BCUT2D eigenvalue weighted by Crippen LogP contribution is -2.41. The number of hydrogen-bond acceptors (Lipinski definition) is 5. The summed E-state index contributed by atoms with van der Waals surface area (Å²) in [6, 6.07) is 12.0. The molecule has 0 aliphatic heterocycles. The van der Waals surface area contributed by atoms with E-state index in [0.717, 1.165) is 5.56 Å². The molecule has 2 amide bonds. The normalized spacial score (nSPS) is 11.6. The van der Waals surface area contributed by atoms with Crippen molar-refractivity contribution in [1.29, 1.82) is 0 Å². The van der Waals surface area contributed by atoms with E-state index in [-0.39, 0.29) is 11.8 Å². The van der Waals surface area contributed by atoms with Crippen molar-refractivity contribution in [2.75, 3.05) is 12.4 Å². The Bertz CT molecular complexity index is 905. The molecule has 3 N–H and O–H groups in total. The van der Waals surface area contributed by atoms with Gasteiger partial charge in [0.25, 0.3) is 5.91 Å². The number of para-hydroxylation sites is 1. The Morgan fingerprint density at radius 3 is 2.77 bits per heavy atom. The van der Waals surface area contributed by atoms with Crippen LogP contribution in [0.3, 0.4) is 0 Å². The van der Waals surface area contributed by atoms with Crippen molar-refractivity contribution < 1.29 is 14.3 Å². The highest BCUT2D eigenvalue weighted by Crippen LogP contribution is 2.29. The van der Waals surface area contributed by atoms with E-state index < -0.39 is 6.04 Å². The zero-order valence-electron chi connectivity index (χ0n) is 14.3. The Hall–Kier alpha value is -3.13. The van der Waals surface area contributed by atoms with Crippen molar-refractivity contribution in [2.45, 2.75) is 13.0 Å². The summed E-state index contributed by atoms with van der Waals surface area (Å²) in [5, 5.41) is 14.1. The molecule has 2 heterocycles. The van der Waals surface area contributed by atoms with Gasteiger partial charge < -0.3 is 15.4 Å². The van der Waals surface area contributed by atoms with Gasteiger partial charge in [0.2, 0.25) is 5.91 Å². The number of carbonyl (C=O) groups is 2. The van der Waals surface area contributed by atoms with Crippen LogP contribution < -0.4 is 15.4 Å². The molecular weight excluding hydrogens is 352 g/mol. The van der Waals surface area contributed by atoms with Crippen LogP contribution >= 0.6 is 11.3 Å². The minimum absolute atomic E-state index is 0.278. The van der Waals surface area contributed by atoms with E-state index in [1.54, 1.807) is 32.2 Å². The third kappa shape index (κ3) is 3.92. The minimum atomic E-state index is -0.698. The topological polar surface area (TPSA) is 96.1 Å². The van der Waals surface area contributed by atoms with Gasteiger partial charge in [0, 0.05) is 11.6 Å². The Labute approximate surface area is 154 Å². The largest absolute Gasteiger partial charge is 0.496 e. The first-order valence-corrected chi connectivity index (χ1v) is 8.80. The Balaban J connectivity index is 1.65. The molecule has 26 heavy (non-hydrogen) atoms. The van der Waals surface area contributed by atoms with Gasteiger partial charge in [0.15, 0.2) is 5.82 Å². The molecule has 0 fully saturated rings. The Kier molecular flexibility index (Phi) is 5.33. The summed E-state index contributed by atoms with van der Waals surface area (Å²) < 4.78 is 5.33. The van der Waals surface area contributed by atoms with Gasteiger partial charge in [-0.15, -0.1) is 11.3 Å². The number of nitrogens with zero attached hydrogens (tertiary/aromatic N) is 1. The molecule has 1 aromatic carbocycles. The van der Waals surface area contributed by atoms with Crippen molar-refractivity contribution in [3.63, 3.8) is 0 Å². The first-order valence-electron chi connectivity index (χ1n) is 7.92. The van der Waals surface area contributed by atoms with E-state index in [1.165, 1.54) is 11.3 Å². The second kappa shape index (κ2) is 7.83. The molecule has 0 unspecified atom stereocenters. The highest BCUT2D eigenvalue weighted by atomic mass is 32.1. The predicted molar refractivity (Wildman–Crippen MR) is 100 cm³/mol. The molecule has 0 saturated carbocycles. The molecule has 0 aliphatic carbocycles. The lowest BCUT2D eigenvalue weighted by atomic mass is 10.1. The molecule has 8 heteroatoms. The van der Waals surface area contributed by atoms with E-state index >= 15 is 0 Å². The second-order valence-corrected chi connectivity index (χ2v) is 6.48. The lowest BCUT2D eigenvalue weighted by molar-refractivity contribution is -0.117. The number of hydrogen-bond donors (Lipinski definition) is 3. The van der Waals surface area contributed by atoms with Crippen molar-refractivity contribution in [1.82, 2.24) is 15.5 Å². The number of rotatable bonds is 6. The summed E-state index contributed by atoms with van der Waals surface area (Å²) >= 11 is 1.32. The fourth-order valence-corrected chi connectivity index (χ4v) is 2.99. The number of anilines is 1. The number of nitrogens with one attached hydrogen (secondary N) is 3. The monoisotopic (exact) mass is 370 g/mol. The number of carbonyl (C=O) groups excluding carboxylic acids is 2. The number of ether oxygens (including phenoxy) is 1. The predicted octanol–water partition coefficient (Wildman–Crippen LogP) is 2.90. The summed E-state index contributed by atoms with van der Waals surface area (Å²) in [5.74, 6) is 0.436. The summed E-state index contributed by atoms with van der Waals surface area (Å²) in [6.07, 6.45) is 0. The first kappa shape index (κ1) is 17.7. The molecule has 7 nitrogen and oxygen atoms in total. The Morgan fingerprint density at radius 1 is 1.23 bits per heavy atom. The minimum Gasteiger partial charge on any atom is -0.496 e. The van der Waals surface area contributed by atoms with Gasteiger partial charge in [-0.05, 0) is 30.5 Å². The quantitative estimate of drug-likeness (QED) is 0.622. The maximum absolute atomic E-state index is 12.3. The van der Waals surface area contributed by atoms with Gasteiger partial charge in [0.05, 0.1) is 17.7 Å². The SMILES string of the molecule is COc1ccccc1-c1cc(NC(=O)[C@@H](C)NC(=O)c2cccs2)n[nH]1. The van der Waals surface area contributed by atoms with E-state index in [2.05, 4.69) is 20.8 Å². The maximum Gasteiger partial charge on any atom is 0.261 e. The molecule has 0 aliphatic rings. The van der Waals surface area contributed by atoms with Crippen LogP contribution in [-0.4, -0.2) is 35.2 Å². The standard InChI is InChI=1S/C18H18N4O3S/c1-11(19-18(24)15-8-5-9-26-15)17(23)20-16-10-13(21-22-16)12-6-3-4-7-14(12)25-2/h3-11H,1-2H3,(H,19,24)(H2,20,21,22,23)/t11-/m1/s1. The third-order valence-electron chi connectivity index (χ3n) is 3.71. The van der Waals surface area contributed by atoms with Crippen LogP contribution in [0.4, 0.5) is 5.82 Å². The number of thiophene rings is 1. The van der Waals surface area contributed by atoms with Gasteiger partial charge in [0.1, 0.15) is 11.8 Å². The van der Waals surface area contributed by atoms with Crippen molar-refractivity contribution in [3.05, 3.63) is 52.7 Å². The Morgan fingerprint density at radius 2 is 2.04 bits per heavy atom. The third-order valence-corrected chi connectivity index (χ3v) is 4.58. The van der Waals surface area contributed by atoms with Crippen LogP contribution in [0.5, 0.6) is 5.75 Å². The molecule has 0 bridgehead atoms. The van der Waals surface area contributed by atoms with Crippen LogP contribution in [0.2, 0.25) is 0 Å². The number of aromatic amines is 1.